The van der Waals surface area contributed by atoms with E-state index in [1.54, 1.807) is 24.3 Å². The lowest BCUT2D eigenvalue weighted by Gasteiger charge is -2.19. The fourth-order valence-corrected chi connectivity index (χ4v) is 4.23. The van der Waals surface area contributed by atoms with Crippen LogP contribution in [0.1, 0.15) is 30.5 Å². The van der Waals surface area contributed by atoms with Gasteiger partial charge in [-0.05, 0) is 22.9 Å². The molecule has 0 unspecified atom stereocenters. The molecule has 0 bridgehead atoms. The number of hydrogen-bond acceptors (Lipinski definition) is 4. The molecule has 0 saturated carbocycles. The standard InChI is InChI=1S/C18H10O2S2/c19-17-11-5-1-2-6-12(11)18(20)16(14-8-4-10-22-14)15(17)13-7-3-9-21-13/h1-10H. The van der Waals surface area contributed by atoms with Crippen LogP contribution in [0.5, 0.6) is 0 Å². The third kappa shape index (κ3) is 1.92. The van der Waals surface area contributed by atoms with Crippen molar-refractivity contribution in [2.45, 2.75) is 0 Å². The van der Waals surface area contributed by atoms with Crippen molar-refractivity contribution in [2.75, 3.05) is 0 Å². The van der Waals surface area contributed by atoms with Crippen LogP contribution in [-0.2, 0) is 0 Å². The Labute approximate surface area is 135 Å². The number of allylic oxidation sites excluding steroid dienone is 2. The Morgan fingerprint density at radius 2 is 1.05 bits per heavy atom. The summed E-state index contributed by atoms with van der Waals surface area (Å²) in [5.74, 6) is -0.137. The van der Waals surface area contributed by atoms with Gasteiger partial charge >= 0.3 is 0 Å². The Hall–Kier alpha value is -2.30. The van der Waals surface area contributed by atoms with Crippen molar-refractivity contribution in [3.8, 4) is 0 Å². The Morgan fingerprint density at radius 3 is 1.41 bits per heavy atom. The summed E-state index contributed by atoms with van der Waals surface area (Å²) < 4.78 is 0. The minimum absolute atomic E-state index is 0.0685. The van der Waals surface area contributed by atoms with Crippen LogP contribution in [0.25, 0.3) is 11.1 Å². The summed E-state index contributed by atoms with van der Waals surface area (Å²) in [6, 6.07) is 14.6. The van der Waals surface area contributed by atoms with E-state index < -0.39 is 0 Å². The first-order chi connectivity index (χ1) is 10.8. The molecule has 1 aromatic carbocycles. The van der Waals surface area contributed by atoms with Gasteiger partial charge in [0.1, 0.15) is 0 Å². The van der Waals surface area contributed by atoms with Gasteiger partial charge in [0.05, 0.1) is 11.1 Å². The second-order valence-corrected chi connectivity index (χ2v) is 6.80. The van der Waals surface area contributed by atoms with Gasteiger partial charge in [-0.25, -0.2) is 0 Å². The average Bonchev–Trinajstić information content (AvgIpc) is 3.23. The van der Waals surface area contributed by atoms with E-state index in [-0.39, 0.29) is 11.6 Å². The number of hydrogen-bond donors (Lipinski definition) is 0. The van der Waals surface area contributed by atoms with Gasteiger partial charge < -0.3 is 0 Å². The van der Waals surface area contributed by atoms with Gasteiger partial charge in [0.25, 0.3) is 0 Å². The van der Waals surface area contributed by atoms with Crippen LogP contribution in [-0.4, -0.2) is 11.6 Å². The lowest BCUT2D eigenvalue weighted by molar-refractivity contribution is 0.101. The first kappa shape index (κ1) is 13.4. The molecule has 0 N–H and O–H groups in total. The summed E-state index contributed by atoms with van der Waals surface area (Å²) in [5, 5.41) is 3.85. The Balaban J connectivity index is 2.06. The normalized spacial score (nSPS) is 14.4. The average molecular weight is 322 g/mol. The fraction of sp³-hybridized carbons (Fsp3) is 0. The molecule has 0 spiro atoms. The molecule has 4 heteroatoms. The van der Waals surface area contributed by atoms with E-state index >= 15 is 0 Å². The zero-order valence-electron chi connectivity index (χ0n) is 11.4. The number of carbonyl (C=O) groups excluding carboxylic acids is 2. The van der Waals surface area contributed by atoms with Crippen molar-refractivity contribution >= 4 is 45.4 Å². The molecule has 0 radical (unpaired) electrons. The van der Waals surface area contributed by atoms with E-state index in [0.29, 0.717) is 22.3 Å². The van der Waals surface area contributed by atoms with E-state index in [2.05, 4.69) is 0 Å². The monoisotopic (exact) mass is 322 g/mol. The van der Waals surface area contributed by atoms with Crippen molar-refractivity contribution in [3.05, 3.63) is 80.2 Å². The van der Waals surface area contributed by atoms with Gasteiger partial charge in [-0.15, -0.1) is 22.7 Å². The molecule has 0 aliphatic heterocycles. The third-order valence-electron chi connectivity index (χ3n) is 3.66. The summed E-state index contributed by atoms with van der Waals surface area (Å²) in [4.78, 5) is 27.6. The minimum Gasteiger partial charge on any atom is -0.289 e. The van der Waals surface area contributed by atoms with Crippen molar-refractivity contribution in [2.24, 2.45) is 0 Å². The zero-order chi connectivity index (χ0) is 15.1. The quantitative estimate of drug-likeness (QED) is 0.679. The number of thiophene rings is 2. The van der Waals surface area contributed by atoms with Gasteiger partial charge in [0, 0.05) is 20.9 Å². The molecule has 106 valence electrons. The highest BCUT2D eigenvalue weighted by Crippen LogP contribution is 2.40. The number of Topliss-reactive ketones (excluding diaryl/α,β-unsaturated/α-hetero) is 2. The van der Waals surface area contributed by atoms with Gasteiger partial charge in [0.15, 0.2) is 11.6 Å². The molecule has 1 aliphatic carbocycles. The van der Waals surface area contributed by atoms with Crippen molar-refractivity contribution in [1.82, 2.24) is 0 Å². The topological polar surface area (TPSA) is 34.1 Å². The third-order valence-corrected chi connectivity index (χ3v) is 5.43. The van der Waals surface area contributed by atoms with E-state index in [1.807, 2.05) is 35.0 Å². The Morgan fingerprint density at radius 1 is 0.591 bits per heavy atom. The van der Waals surface area contributed by atoms with Gasteiger partial charge in [-0.1, -0.05) is 36.4 Å². The maximum absolute atomic E-state index is 13.0. The van der Waals surface area contributed by atoms with Crippen molar-refractivity contribution < 1.29 is 9.59 Å². The van der Waals surface area contributed by atoms with Crippen LogP contribution >= 0.6 is 22.7 Å². The number of ketones is 2. The van der Waals surface area contributed by atoms with E-state index in [0.717, 1.165) is 9.75 Å². The molecule has 4 rings (SSSR count). The lowest BCUT2D eigenvalue weighted by Crippen LogP contribution is -2.19. The molecule has 3 aromatic rings. The second-order valence-electron chi connectivity index (χ2n) is 4.91. The number of benzene rings is 1. The summed E-state index contributed by atoms with van der Waals surface area (Å²) in [6.07, 6.45) is 0. The minimum atomic E-state index is -0.0685. The molecule has 0 saturated heterocycles. The van der Waals surface area contributed by atoms with Crippen molar-refractivity contribution in [1.29, 1.82) is 0 Å². The van der Waals surface area contributed by atoms with Crippen LogP contribution in [0, 0.1) is 0 Å². The van der Waals surface area contributed by atoms with Crippen LogP contribution in [0.4, 0.5) is 0 Å². The van der Waals surface area contributed by atoms with E-state index in [1.165, 1.54) is 22.7 Å². The molecule has 1 aliphatic rings. The molecule has 2 nitrogen and oxygen atoms in total. The second kappa shape index (κ2) is 5.16. The summed E-state index contributed by atoms with van der Waals surface area (Å²) in [5.41, 5.74) is 2.05. The van der Waals surface area contributed by atoms with Crippen molar-refractivity contribution in [3.63, 3.8) is 0 Å². The van der Waals surface area contributed by atoms with Crippen LogP contribution in [0.2, 0.25) is 0 Å². The summed E-state index contributed by atoms with van der Waals surface area (Å²) in [6.45, 7) is 0. The maximum Gasteiger partial charge on any atom is 0.195 e. The molecule has 0 fully saturated rings. The number of rotatable bonds is 2. The SMILES string of the molecule is O=C1C(c2cccs2)=C(c2cccs2)C(=O)c2ccccc21. The molecule has 2 heterocycles. The molecule has 2 aromatic heterocycles. The predicted molar refractivity (Wildman–Crippen MR) is 90.6 cm³/mol. The molecule has 0 amide bonds. The summed E-state index contributed by atoms with van der Waals surface area (Å²) in [7, 11) is 0. The largest absolute Gasteiger partial charge is 0.289 e. The molecular formula is C18H10O2S2. The van der Waals surface area contributed by atoms with Crippen LogP contribution in [0.15, 0.2) is 59.3 Å². The van der Waals surface area contributed by atoms with E-state index in [4.69, 9.17) is 0 Å². The highest BCUT2D eigenvalue weighted by molar-refractivity contribution is 7.13. The maximum atomic E-state index is 13.0. The Bertz CT molecular complexity index is 825. The highest BCUT2D eigenvalue weighted by atomic mass is 32.1. The smallest absolute Gasteiger partial charge is 0.195 e. The van der Waals surface area contributed by atoms with Crippen LogP contribution in [0.3, 0.4) is 0 Å². The van der Waals surface area contributed by atoms with Crippen LogP contribution < -0.4 is 0 Å². The highest BCUT2D eigenvalue weighted by Gasteiger charge is 2.34. The van der Waals surface area contributed by atoms with Gasteiger partial charge in [-0.3, -0.25) is 9.59 Å². The molecular weight excluding hydrogens is 312 g/mol. The lowest BCUT2D eigenvalue weighted by atomic mass is 9.83. The van der Waals surface area contributed by atoms with E-state index in [9.17, 15) is 9.59 Å². The molecule has 22 heavy (non-hydrogen) atoms. The first-order valence-electron chi connectivity index (χ1n) is 6.78. The molecule has 0 atom stereocenters. The summed E-state index contributed by atoms with van der Waals surface area (Å²) >= 11 is 2.97. The first-order valence-corrected chi connectivity index (χ1v) is 8.54. The van der Waals surface area contributed by atoms with Gasteiger partial charge in [0.2, 0.25) is 0 Å². The zero-order valence-corrected chi connectivity index (χ0v) is 13.0. The van der Waals surface area contributed by atoms with Gasteiger partial charge in [-0.2, -0.15) is 0 Å². The number of fused-ring (bicyclic) bond motifs is 1. The fourth-order valence-electron chi connectivity index (χ4n) is 2.69. The predicted octanol–water partition coefficient (Wildman–Crippen LogP) is 4.80. The Kier molecular flexibility index (Phi) is 3.13. The number of carbonyl (C=O) groups is 2.